The SMILES string of the molecule is C/C=C\S/C(=C\C)c1cc(OC(C)(C)COC)c2cc([N+](=O)[O-])ccc2n1. The van der Waals surface area contributed by atoms with E-state index < -0.39 is 10.5 Å². The van der Waals surface area contributed by atoms with Crippen LogP contribution in [-0.4, -0.2) is 29.2 Å². The van der Waals surface area contributed by atoms with Crippen LogP contribution >= 0.6 is 11.8 Å². The summed E-state index contributed by atoms with van der Waals surface area (Å²) < 4.78 is 11.4. The highest BCUT2D eigenvalue weighted by Gasteiger charge is 2.23. The Labute approximate surface area is 163 Å². The van der Waals surface area contributed by atoms with Crippen molar-refractivity contribution < 1.29 is 14.4 Å². The minimum Gasteiger partial charge on any atom is -0.485 e. The Bertz CT molecular complexity index is 891. The predicted molar refractivity (Wildman–Crippen MR) is 111 cm³/mol. The number of aromatic nitrogens is 1. The van der Waals surface area contributed by atoms with E-state index in [0.29, 0.717) is 23.3 Å². The topological polar surface area (TPSA) is 74.5 Å². The summed E-state index contributed by atoms with van der Waals surface area (Å²) in [6.45, 7) is 8.10. The Balaban J connectivity index is 2.65. The summed E-state index contributed by atoms with van der Waals surface area (Å²) in [7, 11) is 1.61. The number of rotatable bonds is 8. The molecule has 0 aliphatic heterocycles. The molecule has 0 atom stereocenters. The number of allylic oxidation sites excluding steroid dienone is 2. The molecule has 0 spiro atoms. The van der Waals surface area contributed by atoms with Crippen molar-refractivity contribution >= 4 is 33.3 Å². The molecule has 0 N–H and O–H groups in total. The third-order valence-corrected chi connectivity index (χ3v) is 4.80. The van der Waals surface area contributed by atoms with Gasteiger partial charge in [0.1, 0.15) is 11.4 Å². The predicted octanol–water partition coefficient (Wildman–Crippen LogP) is 5.57. The number of fused-ring (bicyclic) bond motifs is 1. The van der Waals surface area contributed by atoms with Gasteiger partial charge in [-0.15, -0.1) is 0 Å². The number of hydrogen-bond acceptors (Lipinski definition) is 6. The molecule has 0 unspecified atom stereocenters. The molecule has 2 rings (SSSR count). The van der Waals surface area contributed by atoms with E-state index in [-0.39, 0.29) is 5.69 Å². The number of nitro groups is 1. The van der Waals surface area contributed by atoms with Gasteiger partial charge in [0.2, 0.25) is 0 Å². The summed E-state index contributed by atoms with van der Waals surface area (Å²) in [4.78, 5) is 16.4. The first-order chi connectivity index (χ1) is 12.8. The van der Waals surface area contributed by atoms with Gasteiger partial charge < -0.3 is 9.47 Å². The minimum atomic E-state index is -0.600. The van der Waals surface area contributed by atoms with Crippen LogP contribution in [0.5, 0.6) is 5.75 Å². The molecular formula is C20H24N2O4S. The Morgan fingerprint density at radius 2 is 2.07 bits per heavy atom. The Morgan fingerprint density at radius 3 is 2.67 bits per heavy atom. The van der Waals surface area contributed by atoms with Gasteiger partial charge >= 0.3 is 0 Å². The number of benzene rings is 1. The van der Waals surface area contributed by atoms with Gasteiger partial charge in [-0.3, -0.25) is 10.1 Å². The summed E-state index contributed by atoms with van der Waals surface area (Å²) in [5.41, 5.74) is 0.796. The molecule has 0 saturated carbocycles. The molecule has 0 bridgehead atoms. The van der Waals surface area contributed by atoms with Crippen molar-refractivity contribution in [3.05, 3.63) is 57.6 Å². The second-order valence-electron chi connectivity index (χ2n) is 6.50. The lowest BCUT2D eigenvalue weighted by Gasteiger charge is -2.26. The first kappa shape index (κ1) is 20.9. The van der Waals surface area contributed by atoms with Crippen LogP contribution in [0, 0.1) is 10.1 Å². The summed E-state index contributed by atoms with van der Waals surface area (Å²) in [5.74, 6) is 0.543. The zero-order valence-electron chi connectivity index (χ0n) is 16.2. The fourth-order valence-electron chi connectivity index (χ4n) is 2.60. The number of pyridine rings is 1. The standard InChI is InChI=1S/C20H24N2O4S/c1-6-10-27-19(7-2)17-12-18(26-20(3,4)13-25-5)15-11-14(22(23)24)8-9-16(15)21-17/h6-12H,13H2,1-5H3/b10-6-,19-7-. The van der Waals surface area contributed by atoms with Crippen molar-refractivity contribution in [3.8, 4) is 5.75 Å². The summed E-state index contributed by atoms with van der Waals surface area (Å²) in [6.07, 6.45) is 3.94. The largest absolute Gasteiger partial charge is 0.485 e. The Kier molecular flexibility index (Phi) is 6.98. The van der Waals surface area contributed by atoms with Crippen LogP contribution in [-0.2, 0) is 4.74 Å². The van der Waals surface area contributed by atoms with Gasteiger partial charge in [-0.05, 0) is 39.2 Å². The highest BCUT2D eigenvalue weighted by Crippen LogP contribution is 2.36. The number of nitrogens with zero attached hydrogens (tertiary/aromatic N) is 2. The molecule has 1 aromatic carbocycles. The van der Waals surface area contributed by atoms with Gasteiger partial charge in [-0.25, -0.2) is 4.98 Å². The molecule has 0 aliphatic rings. The molecule has 0 radical (unpaired) electrons. The van der Waals surface area contributed by atoms with Crippen molar-refractivity contribution in [2.24, 2.45) is 0 Å². The smallest absolute Gasteiger partial charge is 0.270 e. The number of non-ortho nitro benzene ring substituents is 1. The maximum absolute atomic E-state index is 11.2. The molecule has 0 saturated heterocycles. The average Bonchev–Trinajstić information content (AvgIpc) is 2.61. The zero-order valence-corrected chi connectivity index (χ0v) is 17.0. The van der Waals surface area contributed by atoms with Crippen molar-refractivity contribution in [2.45, 2.75) is 33.3 Å². The maximum Gasteiger partial charge on any atom is 0.270 e. The lowest BCUT2D eigenvalue weighted by atomic mass is 10.1. The highest BCUT2D eigenvalue weighted by molar-refractivity contribution is 8.10. The van der Waals surface area contributed by atoms with Gasteiger partial charge in [0.15, 0.2) is 0 Å². The number of ether oxygens (including phenoxy) is 2. The molecule has 1 heterocycles. The van der Waals surface area contributed by atoms with Crippen molar-refractivity contribution in [1.82, 2.24) is 4.98 Å². The Morgan fingerprint density at radius 1 is 1.33 bits per heavy atom. The Hall–Kier alpha value is -2.38. The number of thioether (sulfide) groups is 1. The zero-order chi connectivity index (χ0) is 20.0. The second kappa shape index (κ2) is 9.01. The number of hydrogen-bond donors (Lipinski definition) is 0. The molecule has 144 valence electrons. The third kappa shape index (κ3) is 5.30. The fraction of sp³-hybridized carbons (Fsp3) is 0.350. The normalized spacial score (nSPS) is 12.7. The molecule has 7 heteroatoms. The van der Waals surface area contributed by atoms with Crippen LogP contribution in [0.3, 0.4) is 0 Å². The third-order valence-electron chi connectivity index (χ3n) is 3.69. The van der Waals surface area contributed by atoms with Crippen LogP contribution in [0.15, 0.2) is 41.8 Å². The van der Waals surface area contributed by atoms with Gasteiger partial charge in [0.25, 0.3) is 5.69 Å². The number of nitro benzene ring substituents is 1. The van der Waals surface area contributed by atoms with E-state index in [4.69, 9.17) is 9.47 Å². The van der Waals surface area contributed by atoms with Crippen molar-refractivity contribution in [3.63, 3.8) is 0 Å². The van der Waals surface area contributed by atoms with E-state index in [9.17, 15) is 10.1 Å². The minimum absolute atomic E-state index is 0.000922. The molecule has 0 fully saturated rings. The quantitative estimate of drug-likeness (QED) is 0.434. The van der Waals surface area contributed by atoms with Crippen molar-refractivity contribution in [1.29, 1.82) is 0 Å². The molecule has 27 heavy (non-hydrogen) atoms. The van der Waals surface area contributed by atoms with E-state index in [0.717, 1.165) is 10.6 Å². The van der Waals surface area contributed by atoms with E-state index in [1.54, 1.807) is 24.9 Å². The summed E-state index contributed by atoms with van der Waals surface area (Å²) in [6, 6.07) is 6.44. The van der Waals surface area contributed by atoms with E-state index in [2.05, 4.69) is 4.98 Å². The maximum atomic E-state index is 11.2. The lowest BCUT2D eigenvalue weighted by molar-refractivity contribution is -0.384. The lowest BCUT2D eigenvalue weighted by Crippen LogP contribution is -2.33. The molecule has 2 aromatic rings. The van der Waals surface area contributed by atoms with Gasteiger partial charge in [-0.1, -0.05) is 23.9 Å². The van der Waals surface area contributed by atoms with Crippen LogP contribution in [0.2, 0.25) is 0 Å². The van der Waals surface area contributed by atoms with Gasteiger partial charge in [-0.2, -0.15) is 0 Å². The molecular weight excluding hydrogens is 364 g/mol. The molecule has 0 amide bonds. The first-order valence-electron chi connectivity index (χ1n) is 8.53. The molecule has 1 aromatic heterocycles. The monoisotopic (exact) mass is 388 g/mol. The molecule has 0 aliphatic carbocycles. The van der Waals surface area contributed by atoms with Gasteiger partial charge in [0.05, 0.1) is 22.7 Å². The van der Waals surface area contributed by atoms with Crippen molar-refractivity contribution in [2.75, 3.05) is 13.7 Å². The van der Waals surface area contributed by atoms with Crippen LogP contribution in [0.1, 0.15) is 33.4 Å². The summed E-state index contributed by atoms with van der Waals surface area (Å²) >= 11 is 1.56. The van der Waals surface area contributed by atoms with E-state index >= 15 is 0 Å². The summed E-state index contributed by atoms with van der Waals surface area (Å²) in [5, 5.41) is 13.8. The number of methoxy groups -OCH3 is 1. The van der Waals surface area contributed by atoms with Crippen LogP contribution in [0.4, 0.5) is 5.69 Å². The first-order valence-corrected chi connectivity index (χ1v) is 9.41. The van der Waals surface area contributed by atoms with Crippen LogP contribution < -0.4 is 4.74 Å². The van der Waals surface area contributed by atoms with E-state index in [1.165, 1.54) is 12.1 Å². The van der Waals surface area contributed by atoms with Crippen LogP contribution in [0.25, 0.3) is 15.8 Å². The van der Waals surface area contributed by atoms with E-state index in [1.807, 2.05) is 51.3 Å². The average molecular weight is 388 g/mol. The fourth-order valence-corrected chi connectivity index (χ4v) is 3.24. The highest BCUT2D eigenvalue weighted by atomic mass is 32.2. The molecule has 6 nitrogen and oxygen atoms in total. The van der Waals surface area contributed by atoms with Gasteiger partial charge in [0, 0.05) is 35.6 Å². The second-order valence-corrected chi connectivity index (χ2v) is 7.45.